The van der Waals surface area contributed by atoms with Crippen LogP contribution in [0.3, 0.4) is 0 Å². The van der Waals surface area contributed by atoms with E-state index in [2.05, 4.69) is 64.4 Å². The lowest BCUT2D eigenvalue weighted by Crippen LogP contribution is -2.38. The molecule has 0 aliphatic heterocycles. The molecule has 0 bridgehead atoms. The van der Waals surface area contributed by atoms with Gasteiger partial charge in [0.05, 0.1) is 0 Å². The molecule has 0 aromatic heterocycles. The van der Waals surface area contributed by atoms with Crippen molar-refractivity contribution in [3.63, 3.8) is 0 Å². The van der Waals surface area contributed by atoms with E-state index in [-0.39, 0.29) is 0 Å². The van der Waals surface area contributed by atoms with Crippen molar-refractivity contribution in [3.05, 3.63) is 34.3 Å². The van der Waals surface area contributed by atoms with Gasteiger partial charge in [0.15, 0.2) is 0 Å². The Kier molecular flexibility index (Phi) is 6.53. The first-order valence-corrected chi connectivity index (χ1v) is 8.65. The van der Waals surface area contributed by atoms with Crippen LogP contribution in [0.15, 0.2) is 28.7 Å². The first-order chi connectivity index (χ1) is 9.70. The molecule has 2 rings (SSSR count). The van der Waals surface area contributed by atoms with E-state index in [1.807, 2.05) is 0 Å². The standard InChI is InChI=1S/C17H27BrN2/c1-3-11-19-17-10-6-8-15(17)13-20(2)12-14-7-4-5-9-16(14)18/h4-5,7,9,15,17,19H,3,6,8,10-13H2,1-2H3. The van der Waals surface area contributed by atoms with Gasteiger partial charge in [0.2, 0.25) is 0 Å². The maximum atomic E-state index is 3.73. The molecule has 112 valence electrons. The summed E-state index contributed by atoms with van der Waals surface area (Å²) >= 11 is 3.64. The van der Waals surface area contributed by atoms with Gasteiger partial charge >= 0.3 is 0 Å². The van der Waals surface area contributed by atoms with Crippen LogP contribution in [0.5, 0.6) is 0 Å². The average Bonchev–Trinajstić information content (AvgIpc) is 2.86. The van der Waals surface area contributed by atoms with Gasteiger partial charge in [0.1, 0.15) is 0 Å². The van der Waals surface area contributed by atoms with Crippen LogP contribution in [0.1, 0.15) is 38.2 Å². The Hall–Kier alpha value is -0.380. The van der Waals surface area contributed by atoms with Gasteiger partial charge in [-0.05, 0) is 50.4 Å². The SMILES string of the molecule is CCCNC1CCCC1CN(C)Cc1ccccc1Br. The van der Waals surface area contributed by atoms with E-state index in [4.69, 9.17) is 0 Å². The number of halogens is 1. The summed E-state index contributed by atoms with van der Waals surface area (Å²) in [5.41, 5.74) is 1.38. The second kappa shape index (κ2) is 8.16. The lowest BCUT2D eigenvalue weighted by Gasteiger charge is -2.26. The highest BCUT2D eigenvalue weighted by atomic mass is 79.9. The number of hydrogen-bond acceptors (Lipinski definition) is 2. The minimum absolute atomic E-state index is 0.733. The Balaban J connectivity index is 1.84. The molecule has 1 aliphatic rings. The Labute approximate surface area is 132 Å². The highest BCUT2D eigenvalue weighted by Gasteiger charge is 2.27. The van der Waals surface area contributed by atoms with Crippen molar-refractivity contribution in [2.24, 2.45) is 5.92 Å². The highest BCUT2D eigenvalue weighted by molar-refractivity contribution is 9.10. The molecule has 2 atom stereocenters. The topological polar surface area (TPSA) is 15.3 Å². The molecule has 0 heterocycles. The van der Waals surface area contributed by atoms with E-state index < -0.39 is 0 Å². The third kappa shape index (κ3) is 4.57. The minimum atomic E-state index is 0.733. The fourth-order valence-corrected chi connectivity index (χ4v) is 3.65. The van der Waals surface area contributed by atoms with Crippen LogP contribution in [-0.4, -0.2) is 31.1 Å². The number of benzene rings is 1. The summed E-state index contributed by atoms with van der Waals surface area (Å²) in [7, 11) is 2.24. The van der Waals surface area contributed by atoms with E-state index in [1.54, 1.807) is 0 Å². The van der Waals surface area contributed by atoms with Crippen molar-refractivity contribution in [1.29, 1.82) is 0 Å². The zero-order valence-electron chi connectivity index (χ0n) is 12.7. The van der Waals surface area contributed by atoms with E-state index >= 15 is 0 Å². The molecular formula is C17H27BrN2. The fraction of sp³-hybridized carbons (Fsp3) is 0.647. The van der Waals surface area contributed by atoms with Crippen molar-refractivity contribution in [2.75, 3.05) is 20.1 Å². The fourth-order valence-electron chi connectivity index (χ4n) is 3.24. The van der Waals surface area contributed by atoms with Crippen LogP contribution in [0.4, 0.5) is 0 Å². The summed E-state index contributed by atoms with van der Waals surface area (Å²) in [4.78, 5) is 2.47. The molecule has 0 radical (unpaired) electrons. The summed E-state index contributed by atoms with van der Waals surface area (Å²) in [5.74, 6) is 0.814. The van der Waals surface area contributed by atoms with Gasteiger partial charge in [-0.3, -0.25) is 0 Å². The molecule has 1 aliphatic carbocycles. The number of nitrogens with zero attached hydrogens (tertiary/aromatic N) is 1. The van der Waals surface area contributed by atoms with E-state index in [1.165, 1.54) is 42.3 Å². The molecule has 1 aromatic rings. The molecule has 0 spiro atoms. The number of hydrogen-bond donors (Lipinski definition) is 1. The third-order valence-electron chi connectivity index (χ3n) is 4.26. The van der Waals surface area contributed by atoms with E-state index in [0.717, 1.165) is 25.0 Å². The average molecular weight is 339 g/mol. The van der Waals surface area contributed by atoms with Crippen molar-refractivity contribution >= 4 is 15.9 Å². The Morgan fingerprint density at radius 3 is 2.85 bits per heavy atom. The Morgan fingerprint density at radius 2 is 2.10 bits per heavy atom. The van der Waals surface area contributed by atoms with Gasteiger partial charge in [0.25, 0.3) is 0 Å². The zero-order valence-corrected chi connectivity index (χ0v) is 14.3. The Bertz CT molecular complexity index is 408. The molecule has 1 aromatic carbocycles. The smallest absolute Gasteiger partial charge is 0.0242 e. The second-order valence-corrected chi connectivity index (χ2v) is 6.89. The van der Waals surface area contributed by atoms with Crippen molar-refractivity contribution in [1.82, 2.24) is 10.2 Å². The van der Waals surface area contributed by atoms with Crippen LogP contribution >= 0.6 is 15.9 Å². The molecule has 3 heteroatoms. The molecular weight excluding hydrogens is 312 g/mol. The summed E-state index contributed by atoms with van der Waals surface area (Å²) in [5, 5.41) is 3.73. The quantitative estimate of drug-likeness (QED) is 0.806. The van der Waals surface area contributed by atoms with E-state index in [9.17, 15) is 0 Å². The molecule has 2 unspecified atom stereocenters. The van der Waals surface area contributed by atoms with Gasteiger partial charge in [-0.25, -0.2) is 0 Å². The zero-order chi connectivity index (χ0) is 14.4. The van der Waals surface area contributed by atoms with Crippen LogP contribution in [-0.2, 0) is 6.54 Å². The summed E-state index contributed by atoms with van der Waals surface area (Å²) < 4.78 is 1.22. The predicted octanol–water partition coefficient (Wildman–Crippen LogP) is 4.05. The van der Waals surface area contributed by atoms with Crippen molar-refractivity contribution in [3.8, 4) is 0 Å². The lowest BCUT2D eigenvalue weighted by atomic mass is 10.0. The molecule has 1 fully saturated rings. The van der Waals surface area contributed by atoms with Gasteiger partial charge < -0.3 is 10.2 Å². The summed E-state index contributed by atoms with van der Waals surface area (Å²) in [6, 6.07) is 9.27. The lowest BCUT2D eigenvalue weighted by molar-refractivity contribution is 0.244. The van der Waals surface area contributed by atoms with Crippen LogP contribution in [0, 0.1) is 5.92 Å². The number of nitrogens with one attached hydrogen (secondary N) is 1. The Morgan fingerprint density at radius 1 is 1.30 bits per heavy atom. The maximum Gasteiger partial charge on any atom is 0.0242 e. The minimum Gasteiger partial charge on any atom is -0.314 e. The highest BCUT2D eigenvalue weighted by Crippen LogP contribution is 2.27. The van der Waals surface area contributed by atoms with Crippen molar-refractivity contribution < 1.29 is 0 Å². The molecule has 0 amide bonds. The molecule has 1 saturated carbocycles. The summed E-state index contributed by atoms with van der Waals surface area (Å²) in [6.45, 7) is 5.63. The van der Waals surface area contributed by atoms with Crippen LogP contribution < -0.4 is 5.32 Å². The first-order valence-electron chi connectivity index (χ1n) is 7.86. The van der Waals surface area contributed by atoms with Crippen LogP contribution in [0.2, 0.25) is 0 Å². The van der Waals surface area contributed by atoms with Crippen LogP contribution in [0.25, 0.3) is 0 Å². The van der Waals surface area contributed by atoms with E-state index in [0.29, 0.717) is 0 Å². The van der Waals surface area contributed by atoms with Gasteiger partial charge in [-0.1, -0.05) is 47.5 Å². The van der Waals surface area contributed by atoms with Crippen molar-refractivity contribution in [2.45, 2.75) is 45.2 Å². The maximum absolute atomic E-state index is 3.73. The first kappa shape index (κ1) is 16.0. The third-order valence-corrected chi connectivity index (χ3v) is 5.03. The largest absolute Gasteiger partial charge is 0.314 e. The second-order valence-electron chi connectivity index (χ2n) is 6.04. The normalized spacial score (nSPS) is 22.6. The molecule has 0 saturated heterocycles. The monoisotopic (exact) mass is 338 g/mol. The van der Waals surface area contributed by atoms with Gasteiger partial charge in [-0.15, -0.1) is 0 Å². The molecule has 1 N–H and O–H groups in total. The number of rotatable bonds is 7. The molecule has 20 heavy (non-hydrogen) atoms. The van der Waals surface area contributed by atoms with Gasteiger partial charge in [0, 0.05) is 23.6 Å². The van der Waals surface area contributed by atoms with Gasteiger partial charge in [-0.2, -0.15) is 0 Å². The molecule has 2 nitrogen and oxygen atoms in total. The predicted molar refractivity (Wildman–Crippen MR) is 89.9 cm³/mol. The summed E-state index contributed by atoms with van der Waals surface area (Å²) in [6.07, 6.45) is 5.35.